The van der Waals surface area contributed by atoms with E-state index in [-0.39, 0.29) is 17.8 Å². The minimum Gasteiger partial charge on any atom is -0.478 e. The summed E-state index contributed by atoms with van der Waals surface area (Å²) in [6.07, 6.45) is -0.607. The number of fused-ring (bicyclic) bond motifs is 1. The van der Waals surface area contributed by atoms with Crippen molar-refractivity contribution < 1.29 is 29.3 Å². The van der Waals surface area contributed by atoms with Gasteiger partial charge in [0.05, 0.1) is 5.56 Å². The fourth-order valence-electron chi connectivity index (χ4n) is 2.63. The fraction of sp³-hybridized carbons (Fsp3) is 0.389. The van der Waals surface area contributed by atoms with Crippen LogP contribution < -0.4 is 5.32 Å². The molecule has 1 aromatic carbocycles. The Bertz CT molecular complexity index is 862. The molecule has 0 bridgehead atoms. The molecule has 0 fully saturated rings. The second-order valence-corrected chi connectivity index (χ2v) is 7.02. The van der Waals surface area contributed by atoms with E-state index in [1.165, 1.54) is 22.8 Å². The largest absolute Gasteiger partial charge is 0.478 e. The Balaban J connectivity index is 2.34. The van der Waals surface area contributed by atoms with Gasteiger partial charge >= 0.3 is 18.0 Å². The Morgan fingerprint density at radius 1 is 1.15 bits per heavy atom. The van der Waals surface area contributed by atoms with Crippen LogP contribution in [0.1, 0.15) is 54.6 Å². The molecule has 0 aliphatic carbocycles. The SMILES string of the molecule is C[C@H](CNC(=O)OC(C)(C)C)n1c(C(=O)O)cc2ccc(C(=O)O)cc21. The Kier molecular flexibility index (Phi) is 5.25. The van der Waals surface area contributed by atoms with Crippen molar-refractivity contribution in [2.75, 3.05) is 6.54 Å². The molecule has 3 N–H and O–H groups in total. The lowest BCUT2D eigenvalue weighted by atomic mass is 10.1. The van der Waals surface area contributed by atoms with Crippen LogP contribution in [0.25, 0.3) is 10.9 Å². The predicted octanol–water partition coefficient (Wildman–Crippen LogP) is 3.12. The molecular weight excluding hydrogens is 340 g/mol. The molecule has 0 saturated heterocycles. The predicted molar refractivity (Wildman–Crippen MR) is 94.8 cm³/mol. The number of hydrogen-bond acceptors (Lipinski definition) is 4. The Labute approximate surface area is 150 Å². The number of alkyl carbamates (subject to hydrolysis) is 1. The van der Waals surface area contributed by atoms with E-state index >= 15 is 0 Å². The molecule has 8 nitrogen and oxygen atoms in total. The van der Waals surface area contributed by atoms with Crippen LogP contribution in [-0.2, 0) is 4.74 Å². The summed E-state index contributed by atoms with van der Waals surface area (Å²) >= 11 is 0. The van der Waals surface area contributed by atoms with Gasteiger partial charge in [-0.3, -0.25) is 0 Å². The smallest absolute Gasteiger partial charge is 0.407 e. The van der Waals surface area contributed by atoms with Gasteiger partial charge in [0.25, 0.3) is 0 Å². The summed E-state index contributed by atoms with van der Waals surface area (Å²) in [5, 5.41) is 21.9. The van der Waals surface area contributed by atoms with Crippen molar-refractivity contribution >= 4 is 28.9 Å². The summed E-state index contributed by atoms with van der Waals surface area (Å²) in [7, 11) is 0. The number of ether oxygens (including phenoxy) is 1. The molecule has 1 amide bonds. The molecular formula is C18H22N2O6. The lowest BCUT2D eigenvalue weighted by Crippen LogP contribution is -2.35. The molecule has 0 unspecified atom stereocenters. The number of carboxylic acid groups (broad SMARTS) is 2. The number of amides is 1. The van der Waals surface area contributed by atoms with E-state index in [1.54, 1.807) is 33.8 Å². The number of benzene rings is 1. The van der Waals surface area contributed by atoms with Gasteiger partial charge in [-0.15, -0.1) is 0 Å². The van der Waals surface area contributed by atoms with Crippen molar-refractivity contribution in [3.05, 3.63) is 35.5 Å². The third kappa shape index (κ3) is 4.33. The molecule has 8 heteroatoms. The normalized spacial score (nSPS) is 12.6. The number of rotatable bonds is 5. The number of nitrogens with zero attached hydrogens (tertiary/aromatic N) is 1. The van der Waals surface area contributed by atoms with Crippen molar-refractivity contribution in [2.45, 2.75) is 39.3 Å². The third-order valence-electron chi connectivity index (χ3n) is 3.69. The van der Waals surface area contributed by atoms with Crippen LogP contribution >= 0.6 is 0 Å². The Morgan fingerprint density at radius 2 is 1.81 bits per heavy atom. The average molecular weight is 362 g/mol. The Morgan fingerprint density at radius 3 is 2.35 bits per heavy atom. The molecule has 1 atom stereocenters. The number of nitrogens with one attached hydrogen (secondary N) is 1. The standard InChI is InChI=1S/C18H22N2O6/c1-10(9-19-17(25)26-18(2,3)4)20-13-8-12(15(21)22)6-5-11(13)7-14(20)16(23)24/h5-8,10H,9H2,1-4H3,(H,19,25)(H,21,22)(H,23,24)/t10-/m1/s1. The highest BCUT2D eigenvalue weighted by Crippen LogP contribution is 2.25. The molecule has 2 rings (SSSR count). The molecule has 1 aromatic heterocycles. The number of aromatic carboxylic acids is 2. The lowest BCUT2D eigenvalue weighted by molar-refractivity contribution is 0.0521. The minimum atomic E-state index is -1.14. The van der Waals surface area contributed by atoms with Crippen LogP contribution in [0.4, 0.5) is 4.79 Å². The maximum absolute atomic E-state index is 11.8. The van der Waals surface area contributed by atoms with Gasteiger partial charge in [0.15, 0.2) is 0 Å². The zero-order chi connectivity index (χ0) is 19.6. The van der Waals surface area contributed by atoms with Gasteiger partial charge in [-0.25, -0.2) is 14.4 Å². The van der Waals surface area contributed by atoms with Crippen molar-refractivity contribution in [3.8, 4) is 0 Å². The first-order chi connectivity index (χ1) is 12.0. The van der Waals surface area contributed by atoms with Crippen LogP contribution in [0, 0.1) is 0 Å². The zero-order valence-electron chi connectivity index (χ0n) is 15.1. The van der Waals surface area contributed by atoms with E-state index in [0.717, 1.165) is 0 Å². The number of carbonyl (C=O) groups excluding carboxylic acids is 1. The van der Waals surface area contributed by atoms with Crippen molar-refractivity contribution in [2.24, 2.45) is 0 Å². The second-order valence-electron chi connectivity index (χ2n) is 7.02. The lowest BCUT2D eigenvalue weighted by Gasteiger charge is -2.22. The topological polar surface area (TPSA) is 118 Å². The maximum Gasteiger partial charge on any atom is 0.407 e. The summed E-state index contributed by atoms with van der Waals surface area (Å²) in [6, 6.07) is 5.46. The monoisotopic (exact) mass is 362 g/mol. The number of carbonyl (C=O) groups is 3. The maximum atomic E-state index is 11.8. The molecule has 2 aromatic rings. The fourth-order valence-corrected chi connectivity index (χ4v) is 2.63. The van der Waals surface area contributed by atoms with Crippen molar-refractivity contribution in [1.29, 1.82) is 0 Å². The highest BCUT2D eigenvalue weighted by atomic mass is 16.6. The van der Waals surface area contributed by atoms with Crippen LogP contribution in [0.3, 0.4) is 0 Å². The summed E-state index contributed by atoms with van der Waals surface area (Å²) in [6.45, 7) is 7.08. The summed E-state index contributed by atoms with van der Waals surface area (Å²) in [5.41, 5.74) is -0.0984. The first kappa shape index (κ1) is 19.3. The van der Waals surface area contributed by atoms with Gasteiger partial charge in [0.2, 0.25) is 0 Å². The van der Waals surface area contributed by atoms with Gasteiger partial charge < -0.3 is 24.8 Å². The van der Waals surface area contributed by atoms with Gasteiger partial charge in [0, 0.05) is 23.5 Å². The molecule has 140 valence electrons. The quantitative estimate of drug-likeness (QED) is 0.752. The van der Waals surface area contributed by atoms with E-state index in [2.05, 4.69) is 5.32 Å². The second kappa shape index (κ2) is 7.07. The molecule has 0 spiro atoms. The van der Waals surface area contributed by atoms with E-state index in [1.807, 2.05) is 0 Å². The van der Waals surface area contributed by atoms with Crippen LogP contribution in [0.2, 0.25) is 0 Å². The van der Waals surface area contributed by atoms with Crippen LogP contribution in [-0.4, -0.2) is 45.0 Å². The van der Waals surface area contributed by atoms with Gasteiger partial charge in [-0.2, -0.15) is 0 Å². The van der Waals surface area contributed by atoms with E-state index in [9.17, 15) is 24.6 Å². The van der Waals surface area contributed by atoms with Crippen LogP contribution in [0.5, 0.6) is 0 Å². The molecule has 1 heterocycles. The van der Waals surface area contributed by atoms with E-state index in [0.29, 0.717) is 10.9 Å². The number of carboxylic acids is 2. The van der Waals surface area contributed by atoms with Crippen LogP contribution in [0.15, 0.2) is 24.3 Å². The molecule has 0 radical (unpaired) electrons. The average Bonchev–Trinajstić information content (AvgIpc) is 2.89. The molecule has 0 saturated carbocycles. The number of aromatic nitrogens is 1. The number of hydrogen-bond donors (Lipinski definition) is 3. The first-order valence-corrected chi connectivity index (χ1v) is 8.08. The summed E-state index contributed by atoms with van der Waals surface area (Å²) in [5.74, 6) is -2.24. The molecule has 0 aliphatic heterocycles. The minimum absolute atomic E-state index is 0.0148. The van der Waals surface area contributed by atoms with E-state index in [4.69, 9.17) is 4.74 Å². The molecule has 0 aliphatic rings. The highest BCUT2D eigenvalue weighted by molar-refractivity contribution is 5.98. The Hall–Kier alpha value is -3.03. The molecule has 26 heavy (non-hydrogen) atoms. The third-order valence-corrected chi connectivity index (χ3v) is 3.69. The van der Waals surface area contributed by atoms with Gasteiger partial charge in [0.1, 0.15) is 11.3 Å². The van der Waals surface area contributed by atoms with Crippen molar-refractivity contribution in [1.82, 2.24) is 9.88 Å². The summed E-state index contributed by atoms with van der Waals surface area (Å²) < 4.78 is 6.67. The van der Waals surface area contributed by atoms with Gasteiger partial charge in [-0.1, -0.05) is 6.07 Å². The summed E-state index contributed by atoms with van der Waals surface area (Å²) in [4.78, 5) is 34.6. The first-order valence-electron chi connectivity index (χ1n) is 8.08. The highest BCUT2D eigenvalue weighted by Gasteiger charge is 2.22. The zero-order valence-corrected chi connectivity index (χ0v) is 15.1. The van der Waals surface area contributed by atoms with Crippen molar-refractivity contribution in [3.63, 3.8) is 0 Å². The van der Waals surface area contributed by atoms with E-state index < -0.39 is 29.7 Å². The van der Waals surface area contributed by atoms with Gasteiger partial charge in [-0.05, 0) is 45.9 Å².